The first-order chi connectivity index (χ1) is 24.9. The van der Waals surface area contributed by atoms with Gasteiger partial charge in [-0.1, -0.05) is 54.6 Å². The van der Waals surface area contributed by atoms with Crippen molar-refractivity contribution in [3.63, 3.8) is 0 Å². The van der Waals surface area contributed by atoms with E-state index >= 15 is 0 Å². The average Bonchev–Trinajstić information content (AvgIpc) is 3.15. The number of rotatable bonds is 18. The molecule has 51 heavy (non-hydrogen) atoms. The minimum absolute atomic E-state index is 0.00630. The Morgan fingerprint density at radius 2 is 1.65 bits per heavy atom. The van der Waals surface area contributed by atoms with E-state index in [1.165, 1.54) is 4.90 Å². The van der Waals surface area contributed by atoms with Crippen LogP contribution in [0, 0.1) is 5.92 Å². The van der Waals surface area contributed by atoms with E-state index in [0.717, 1.165) is 33.2 Å². The number of benzene rings is 4. The molecule has 4 aromatic rings. The maximum atomic E-state index is 13.1. The largest absolute Gasteiger partial charge is 0.507 e. The number of methoxy groups -OCH3 is 1. The van der Waals surface area contributed by atoms with Crippen LogP contribution >= 0.6 is 0 Å². The number of para-hydroxylation sites is 1. The van der Waals surface area contributed by atoms with Crippen LogP contribution in [0.4, 0.5) is 4.79 Å². The molecule has 1 heterocycles. The van der Waals surface area contributed by atoms with Crippen molar-refractivity contribution in [2.75, 3.05) is 53.2 Å². The summed E-state index contributed by atoms with van der Waals surface area (Å²) >= 11 is 0. The fraction of sp³-hybridized carbons (Fsp3) is 0.395. The highest BCUT2D eigenvalue weighted by Crippen LogP contribution is 2.37. The lowest BCUT2D eigenvalue weighted by Gasteiger charge is -2.43. The molecule has 0 bridgehead atoms. The lowest BCUT2D eigenvalue weighted by atomic mass is 9.79. The van der Waals surface area contributed by atoms with E-state index in [-0.39, 0.29) is 63.5 Å². The number of phenolic OH excluding ortho intramolecular Hbond substituents is 1. The first-order valence-corrected chi connectivity index (χ1v) is 16.9. The van der Waals surface area contributed by atoms with Crippen molar-refractivity contribution < 1.29 is 53.9 Å². The second-order valence-electron chi connectivity index (χ2n) is 12.2. The molecule has 13 heteroatoms. The average molecular weight is 707 g/mol. The Labute approximate surface area is 296 Å². The zero-order chi connectivity index (χ0) is 36.0. The van der Waals surface area contributed by atoms with Crippen LogP contribution < -0.4 is 9.47 Å². The van der Waals surface area contributed by atoms with Gasteiger partial charge in [0.15, 0.2) is 0 Å². The van der Waals surface area contributed by atoms with E-state index in [9.17, 15) is 15.0 Å². The molecule has 13 nitrogen and oxygen atoms in total. The molecule has 5 rings (SSSR count). The normalized spacial score (nSPS) is 17.5. The molecule has 0 aromatic heterocycles. The summed E-state index contributed by atoms with van der Waals surface area (Å²) in [5, 5.41) is 39.8. The van der Waals surface area contributed by atoms with Gasteiger partial charge in [-0.2, -0.15) is 0 Å². The molecule has 1 amide bonds. The lowest BCUT2D eigenvalue weighted by Crippen LogP contribution is -2.52. The van der Waals surface area contributed by atoms with Gasteiger partial charge >= 0.3 is 6.09 Å². The Kier molecular flexibility index (Phi) is 14.2. The molecule has 3 atom stereocenters. The van der Waals surface area contributed by atoms with Gasteiger partial charge in [-0.25, -0.2) is 4.79 Å². The maximum Gasteiger partial charge on any atom is 0.409 e. The number of hydrogen-bond donors (Lipinski definition) is 4. The van der Waals surface area contributed by atoms with Gasteiger partial charge in [0.2, 0.25) is 0 Å². The summed E-state index contributed by atoms with van der Waals surface area (Å²) in [4.78, 5) is 19.1. The van der Waals surface area contributed by atoms with Crippen molar-refractivity contribution in [3.05, 3.63) is 102 Å². The topological polar surface area (TPSA) is 160 Å². The van der Waals surface area contributed by atoms with Crippen molar-refractivity contribution in [1.29, 1.82) is 0 Å². The number of ether oxygens (including phenoxy) is 5. The highest BCUT2D eigenvalue weighted by atomic mass is 17.1. The summed E-state index contributed by atoms with van der Waals surface area (Å²) in [6, 6.07) is 26.6. The Balaban J connectivity index is 1.22. The van der Waals surface area contributed by atoms with E-state index in [4.69, 9.17) is 34.1 Å². The molecule has 1 aliphatic rings. The van der Waals surface area contributed by atoms with Crippen LogP contribution in [0.1, 0.15) is 35.4 Å². The molecule has 0 saturated carbocycles. The zero-order valence-corrected chi connectivity index (χ0v) is 28.6. The number of carbonyl (C=O) groups excluding carboxylic acids is 1. The van der Waals surface area contributed by atoms with Crippen LogP contribution in [-0.2, 0) is 32.3 Å². The highest BCUT2D eigenvalue weighted by Gasteiger charge is 2.40. The summed E-state index contributed by atoms with van der Waals surface area (Å²) in [5.41, 5.74) is 2.68. The molecule has 1 aliphatic heterocycles. The van der Waals surface area contributed by atoms with Crippen molar-refractivity contribution in [3.8, 4) is 17.2 Å². The van der Waals surface area contributed by atoms with Gasteiger partial charge in [-0.05, 0) is 46.8 Å². The van der Waals surface area contributed by atoms with Crippen LogP contribution in [0.3, 0.4) is 0 Å². The molecular formula is C38H46N2O11. The Hall–Kier alpha value is -4.47. The van der Waals surface area contributed by atoms with Crippen molar-refractivity contribution in [1.82, 2.24) is 10.3 Å². The van der Waals surface area contributed by atoms with Crippen molar-refractivity contribution >= 4 is 16.9 Å². The summed E-state index contributed by atoms with van der Waals surface area (Å²) < 4.78 is 29.1. The second-order valence-corrected chi connectivity index (χ2v) is 12.2. The number of nitrogens with zero attached hydrogens (tertiary/aromatic N) is 2. The van der Waals surface area contributed by atoms with E-state index in [0.29, 0.717) is 32.0 Å². The number of aromatic hydroxyl groups is 1. The smallest absolute Gasteiger partial charge is 0.409 e. The number of likely N-dealkylation sites (tertiary alicyclic amines) is 1. The van der Waals surface area contributed by atoms with Crippen molar-refractivity contribution in [2.45, 2.75) is 38.1 Å². The van der Waals surface area contributed by atoms with Gasteiger partial charge in [-0.15, -0.1) is 0 Å². The number of piperidine rings is 1. The number of aliphatic hydroxyl groups is 1. The Morgan fingerprint density at radius 3 is 2.43 bits per heavy atom. The summed E-state index contributed by atoms with van der Waals surface area (Å²) in [7, 11) is 1.64. The molecule has 0 spiro atoms. The predicted molar refractivity (Wildman–Crippen MR) is 186 cm³/mol. The van der Waals surface area contributed by atoms with Crippen LogP contribution in [0.15, 0.2) is 84.9 Å². The summed E-state index contributed by atoms with van der Waals surface area (Å²) in [5.74, 6) is 1.01. The molecule has 3 unspecified atom stereocenters. The Bertz CT molecular complexity index is 1670. The van der Waals surface area contributed by atoms with Gasteiger partial charge in [0, 0.05) is 48.8 Å². The third kappa shape index (κ3) is 10.8. The molecule has 1 fully saturated rings. The monoisotopic (exact) mass is 706 g/mol. The lowest BCUT2D eigenvalue weighted by molar-refractivity contribution is -0.492. The van der Waals surface area contributed by atoms with E-state index in [1.807, 2.05) is 78.9 Å². The highest BCUT2D eigenvalue weighted by molar-refractivity contribution is 5.88. The quantitative estimate of drug-likeness (QED) is 0.0743. The predicted octanol–water partition coefficient (Wildman–Crippen LogP) is 5.67. The van der Waals surface area contributed by atoms with Crippen LogP contribution in [0.25, 0.3) is 10.8 Å². The number of amides is 1. The maximum absolute atomic E-state index is 13.1. The summed E-state index contributed by atoms with van der Waals surface area (Å²) in [6.45, 7) is 1.78. The minimum atomic E-state index is -0.579. The van der Waals surface area contributed by atoms with Crippen LogP contribution in [0.5, 0.6) is 17.2 Å². The molecular weight excluding hydrogens is 660 g/mol. The van der Waals surface area contributed by atoms with E-state index < -0.39 is 17.6 Å². The number of carbonyl (C=O) groups is 1. The zero-order valence-electron chi connectivity index (χ0n) is 28.6. The van der Waals surface area contributed by atoms with Gasteiger partial charge in [0.05, 0.1) is 64.8 Å². The molecule has 0 radical (unpaired) electrons. The van der Waals surface area contributed by atoms with Gasteiger partial charge in [0.25, 0.3) is 0 Å². The van der Waals surface area contributed by atoms with E-state index in [2.05, 4.69) is 4.84 Å². The molecule has 274 valence electrons. The number of aliphatic hydroxyl groups excluding tert-OH is 1. The van der Waals surface area contributed by atoms with E-state index in [1.54, 1.807) is 13.2 Å². The van der Waals surface area contributed by atoms with Gasteiger partial charge in [-0.3, -0.25) is 15.3 Å². The first kappa shape index (κ1) is 37.8. The fourth-order valence-corrected chi connectivity index (χ4v) is 6.30. The standard InChI is InChI=1S/C38H46N2O11/c1-46-35-11-5-3-9-30(35)26-47-16-6-17-48-32-14-12-28(13-15-32)37-31(24-41)22-39(38(43)49-18-7-19-51-40(44)45)23-36(37)50-25-27-20-29-8-2-4-10-33(29)34(42)21-27/h2-5,8-15,20-21,31,36-37,41-42,44-45H,6-7,16-19,22-26H2,1H3. The number of fused-ring (bicyclic) bond motifs is 1. The van der Waals surface area contributed by atoms with Gasteiger partial charge in [0.1, 0.15) is 17.2 Å². The third-order valence-electron chi connectivity index (χ3n) is 8.76. The van der Waals surface area contributed by atoms with Crippen LogP contribution in [0.2, 0.25) is 0 Å². The second kappa shape index (κ2) is 19.2. The van der Waals surface area contributed by atoms with Gasteiger partial charge < -0.3 is 38.8 Å². The number of phenols is 1. The SMILES string of the molecule is COc1ccccc1COCCCOc1ccc(C2C(CO)CN(C(=O)OCCCON(O)O)CC2OCc2cc(O)c3ccccc3c2)cc1. The molecule has 4 N–H and O–H groups in total. The molecule has 0 aliphatic carbocycles. The molecule has 1 saturated heterocycles. The molecule has 4 aromatic carbocycles. The van der Waals surface area contributed by atoms with Crippen molar-refractivity contribution in [2.24, 2.45) is 5.92 Å². The minimum Gasteiger partial charge on any atom is -0.507 e. The Morgan fingerprint density at radius 1 is 0.882 bits per heavy atom. The fourth-order valence-electron chi connectivity index (χ4n) is 6.30. The first-order valence-electron chi connectivity index (χ1n) is 16.9. The number of hydrogen-bond acceptors (Lipinski definition) is 12. The summed E-state index contributed by atoms with van der Waals surface area (Å²) in [6.07, 6.45) is -0.166. The van der Waals surface area contributed by atoms with Crippen LogP contribution in [-0.4, -0.2) is 96.3 Å². The third-order valence-corrected chi connectivity index (χ3v) is 8.76.